The van der Waals surface area contributed by atoms with Gasteiger partial charge in [0, 0.05) is 18.3 Å². The minimum atomic E-state index is -0.575. The molecule has 1 heterocycles. The van der Waals surface area contributed by atoms with E-state index in [1.165, 1.54) is 12.1 Å². The highest BCUT2D eigenvalue weighted by atomic mass is 19.1. The van der Waals surface area contributed by atoms with Crippen LogP contribution in [0.4, 0.5) is 14.5 Å². The first-order chi connectivity index (χ1) is 7.20. The first-order valence-corrected chi connectivity index (χ1v) is 5.04. The molecule has 4 heteroatoms. The van der Waals surface area contributed by atoms with Gasteiger partial charge in [-0.05, 0) is 25.0 Å². The van der Waals surface area contributed by atoms with Crippen molar-refractivity contribution in [2.24, 2.45) is 0 Å². The molecule has 2 rings (SSSR count). The quantitative estimate of drug-likeness (QED) is 0.811. The number of aliphatic hydroxyl groups is 1. The van der Waals surface area contributed by atoms with Crippen LogP contribution in [0.1, 0.15) is 12.8 Å². The number of anilines is 1. The van der Waals surface area contributed by atoms with Crippen LogP contribution in [-0.4, -0.2) is 24.3 Å². The van der Waals surface area contributed by atoms with E-state index >= 15 is 0 Å². The average Bonchev–Trinajstić information content (AvgIpc) is 2.63. The Morgan fingerprint density at radius 3 is 2.53 bits per heavy atom. The van der Waals surface area contributed by atoms with E-state index in [2.05, 4.69) is 0 Å². The lowest BCUT2D eigenvalue weighted by Gasteiger charge is -2.25. The molecule has 2 nitrogen and oxygen atoms in total. The van der Waals surface area contributed by atoms with Crippen LogP contribution in [-0.2, 0) is 0 Å². The Morgan fingerprint density at radius 2 is 1.93 bits per heavy atom. The smallest absolute Gasteiger partial charge is 0.128 e. The number of halogens is 2. The van der Waals surface area contributed by atoms with Gasteiger partial charge in [-0.1, -0.05) is 0 Å². The van der Waals surface area contributed by atoms with Crippen molar-refractivity contribution < 1.29 is 13.9 Å². The van der Waals surface area contributed by atoms with Gasteiger partial charge in [0.1, 0.15) is 11.6 Å². The standard InChI is InChI=1S/C11H13F2NO/c12-8-4-9(13)6-11(5-8)14-3-1-2-10(14)7-15/h4-6,10,15H,1-3,7H2/t10-/m1/s1. The van der Waals surface area contributed by atoms with Crippen LogP contribution in [0.25, 0.3) is 0 Å². The molecule has 1 aromatic carbocycles. The zero-order valence-corrected chi connectivity index (χ0v) is 8.29. The third kappa shape index (κ3) is 2.09. The van der Waals surface area contributed by atoms with Crippen molar-refractivity contribution in [2.75, 3.05) is 18.1 Å². The van der Waals surface area contributed by atoms with E-state index in [1.54, 1.807) is 0 Å². The summed E-state index contributed by atoms with van der Waals surface area (Å²) >= 11 is 0. The fraction of sp³-hybridized carbons (Fsp3) is 0.455. The fourth-order valence-electron chi connectivity index (χ4n) is 2.07. The Balaban J connectivity index is 2.28. The molecule has 0 amide bonds. The van der Waals surface area contributed by atoms with Crippen molar-refractivity contribution in [1.82, 2.24) is 0 Å². The zero-order chi connectivity index (χ0) is 10.8. The molecular formula is C11H13F2NO. The summed E-state index contributed by atoms with van der Waals surface area (Å²) in [6, 6.07) is 3.45. The fourth-order valence-corrected chi connectivity index (χ4v) is 2.07. The molecule has 0 aliphatic carbocycles. The van der Waals surface area contributed by atoms with Gasteiger partial charge in [0.25, 0.3) is 0 Å². The minimum absolute atomic E-state index is 0.00815. The largest absolute Gasteiger partial charge is 0.394 e. The SMILES string of the molecule is OC[C@H]1CCCN1c1cc(F)cc(F)c1. The maximum atomic E-state index is 13.0. The van der Waals surface area contributed by atoms with Crippen molar-refractivity contribution in [3.05, 3.63) is 29.8 Å². The van der Waals surface area contributed by atoms with Crippen LogP contribution in [0, 0.1) is 11.6 Å². The molecule has 0 bridgehead atoms. The summed E-state index contributed by atoms with van der Waals surface area (Å²) in [5.74, 6) is -1.15. The highest BCUT2D eigenvalue weighted by Crippen LogP contribution is 2.26. The Kier molecular flexibility index (Phi) is 2.86. The molecule has 1 aromatic rings. The molecule has 1 saturated heterocycles. The molecule has 0 radical (unpaired) electrons. The number of rotatable bonds is 2. The zero-order valence-electron chi connectivity index (χ0n) is 8.29. The lowest BCUT2D eigenvalue weighted by Crippen LogP contribution is -2.32. The molecule has 1 atom stereocenters. The Bertz CT molecular complexity index is 336. The highest BCUT2D eigenvalue weighted by molar-refractivity contribution is 5.48. The van der Waals surface area contributed by atoms with Crippen LogP contribution < -0.4 is 4.90 Å². The van der Waals surface area contributed by atoms with Crippen molar-refractivity contribution in [2.45, 2.75) is 18.9 Å². The van der Waals surface area contributed by atoms with E-state index in [0.29, 0.717) is 5.69 Å². The summed E-state index contributed by atoms with van der Waals surface area (Å²) in [5, 5.41) is 9.11. The van der Waals surface area contributed by atoms with Gasteiger partial charge in [0.2, 0.25) is 0 Å². The predicted octanol–water partition coefficient (Wildman–Crippen LogP) is 1.93. The molecule has 0 unspecified atom stereocenters. The molecule has 1 aliphatic heterocycles. The molecule has 15 heavy (non-hydrogen) atoms. The van der Waals surface area contributed by atoms with Crippen molar-refractivity contribution in [1.29, 1.82) is 0 Å². The Hall–Kier alpha value is -1.16. The van der Waals surface area contributed by atoms with E-state index < -0.39 is 11.6 Å². The predicted molar refractivity (Wildman–Crippen MR) is 53.8 cm³/mol. The topological polar surface area (TPSA) is 23.5 Å². The second-order valence-electron chi connectivity index (χ2n) is 3.80. The van der Waals surface area contributed by atoms with E-state index in [9.17, 15) is 8.78 Å². The van der Waals surface area contributed by atoms with Gasteiger partial charge in [-0.3, -0.25) is 0 Å². The molecule has 1 fully saturated rings. The summed E-state index contributed by atoms with van der Waals surface area (Å²) in [5.41, 5.74) is 0.518. The van der Waals surface area contributed by atoms with Crippen LogP contribution >= 0.6 is 0 Å². The maximum absolute atomic E-state index is 13.0. The first-order valence-electron chi connectivity index (χ1n) is 5.04. The average molecular weight is 213 g/mol. The first kappa shape index (κ1) is 10.4. The molecule has 82 valence electrons. The van der Waals surface area contributed by atoms with Gasteiger partial charge in [-0.2, -0.15) is 0 Å². The van der Waals surface area contributed by atoms with E-state index in [1.807, 2.05) is 4.90 Å². The molecule has 0 aromatic heterocycles. The van der Waals surface area contributed by atoms with Crippen LogP contribution in [0.15, 0.2) is 18.2 Å². The monoisotopic (exact) mass is 213 g/mol. The number of benzene rings is 1. The third-order valence-corrected chi connectivity index (χ3v) is 2.77. The van der Waals surface area contributed by atoms with Gasteiger partial charge in [0.05, 0.1) is 12.6 Å². The van der Waals surface area contributed by atoms with Crippen molar-refractivity contribution in [3.8, 4) is 0 Å². The van der Waals surface area contributed by atoms with Gasteiger partial charge < -0.3 is 10.0 Å². The lowest BCUT2D eigenvalue weighted by molar-refractivity contribution is 0.266. The van der Waals surface area contributed by atoms with Crippen LogP contribution in [0.2, 0.25) is 0 Å². The Labute approximate surface area is 87.1 Å². The lowest BCUT2D eigenvalue weighted by atomic mass is 10.2. The van der Waals surface area contributed by atoms with E-state index in [0.717, 1.165) is 25.5 Å². The molecule has 0 spiro atoms. The van der Waals surface area contributed by atoms with Gasteiger partial charge in [0.15, 0.2) is 0 Å². The second-order valence-corrected chi connectivity index (χ2v) is 3.80. The van der Waals surface area contributed by atoms with E-state index in [-0.39, 0.29) is 12.6 Å². The van der Waals surface area contributed by atoms with Gasteiger partial charge in [-0.25, -0.2) is 8.78 Å². The van der Waals surface area contributed by atoms with E-state index in [4.69, 9.17) is 5.11 Å². The van der Waals surface area contributed by atoms with Crippen molar-refractivity contribution >= 4 is 5.69 Å². The molecule has 1 N–H and O–H groups in total. The number of aliphatic hydroxyl groups excluding tert-OH is 1. The Morgan fingerprint density at radius 1 is 1.27 bits per heavy atom. The second kappa shape index (κ2) is 4.14. The number of hydrogen-bond acceptors (Lipinski definition) is 2. The minimum Gasteiger partial charge on any atom is -0.394 e. The summed E-state index contributed by atoms with van der Waals surface area (Å²) in [6.07, 6.45) is 1.82. The molecule has 1 aliphatic rings. The van der Waals surface area contributed by atoms with Crippen LogP contribution in [0.3, 0.4) is 0 Å². The molecular weight excluding hydrogens is 200 g/mol. The van der Waals surface area contributed by atoms with Gasteiger partial charge >= 0.3 is 0 Å². The summed E-state index contributed by atoms with van der Waals surface area (Å²) in [7, 11) is 0. The third-order valence-electron chi connectivity index (χ3n) is 2.77. The van der Waals surface area contributed by atoms with Crippen LogP contribution in [0.5, 0.6) is 0 Å². The normalized spacial score (nSPS) is 21.0. The number of hydrogen-bond donors (Lipinski definition) is 1. The van der Waals surface area contributed by atoms with Gasteiger partial charge in [-0.15, -0.1) is 0 Å². The highest BCUT2D eigenvalue weighted by Gasteiger charge is 2.24. The number of nitrogens with zero attached hydrogens (tertiary/aromatic N) is 1. The molecule has 0 saturated carbocycles. The maximum Gasteiger partial charge on any atom is 0.128 e. The van der Waals surface area contributed by atoms with Crippen molar-refractivity contribution in [3.63, 3.8) is 0 Å². The summed E-state index contributed by atoms with van der Waals surface area (Å²) in [6.45, 7) is 0.770. The summed E-state index contributed by atoms with van der Waals surface area (Å²) in [4.78, 5) is 1.85. The summed E-state index contributed by atoms with van der Waals surface area (Å²) < 4.78 is 26.0.